The predicted octanol–water partition coefficient (Wildman–Crippen LogP) is 6.10. The number of carbonyl (C=O) groups is 1. The van der Waals surface area contributed by atoms with Gasteiger partial charge in [0.1, 0.15) is 11.6 Å². The van der Waals surface area contributed by atoms with Crippen LogP contribution in [0.4, 0.5) is 5.69 Å². The van der Waals surface area contributed by atoms with E-state index in [2.05, 4.69) is 0 Å². The van der Waals surface area contributed by atoms with Gasteiger partial charge in [0.2, 0.25) is 5.91 Å². The number of fused-ring (bicyclic) bond motifs is 1. The van der Waals surface area contributed by atoms with Crippen molar-refractivity contribution in [3.63, 3.8) is 0 Å². The maximum absolute atomic E-state index is 13.8. The van der Waals surface area contributed by atoms with Gasteiger partial charge in [0.15, 0.2) is 0 Å². The number of amides is 1. The van der Waals surface area contributed by atoms with Crippen molar-refractivity contribution in [2.75, 3.05) is 13.2 Å². The first kappa shape index (κ1) is 28.2. The Morgan fingerprint density at radius 2 is 1.77 bits per heavy atom. The van der Waals surface area contributed by atoms with E-state index in [1.54, 1.807) is 45.9 Å². The predicted molar refractivity (Wildman–Crippen MR) is 156 cm³/mol. The van der Waals surface area contributed by atoms with E-state index in [1.807, 2.05) is 51.1 Å². The van der Waals surface area contributed by atoms with Crippen molar-refractivity contribution in [1.29, 1.82) is 0 Å². The van der Waals surface area contributed by atoms with Crippen molar-refractivity contribution >= 4 is 28.6 Å². The van der Waals surface area contributed by atoms with Crippen LogP contribution in [0, 0.1) is 10.1 Å². The van der Waals surface area contributed by atoms with Gasteiger partial charge in [-0.05, 0) is 80.4 Å². The minimum Gasteiger partial charge on any atom is -0.494 e. The van der Waals surface area contributed by atoms with E-state index in [0.717, 1.165) is 12.8 Å². The minimum atomic E-state index is -0.538. The van der Waals surface area contributed by atoms with E-state index in [-0.39, 0.29) is 17.2 Å². The van der Waals surface area contributed by atoms with Gasteiger partial charge in [-0.15, -0.1) is 0 Å². The van der Waals surface area contributed by atoms with Gasteiger partial charge in [0, 0.05) is 24.8 Å². The Hall–Kier alpha value is -4.79. The molecule has 0 spiro atoms. The van der Waals surface area contributed by atoms with Gasteiger partial charge in [-0.3, -0.25) is 24.3 Å². The van der Waals surface area contributed by atoms with Crippen molar-refractivity contribution in [2.24, 2.45) is 0 Å². The highest BCUT2D eigenvalue weighted by Crippen LogP contribution is 2.25. The van der Waals surface area contributed by atoms with Crippen LogP contribution in [0.25, 0.3) is 22.7 Å². The first-order valence-corrected chi connectivity index (χ1v) is 13.3. The second-order valence-corrected chi connectivity index (χ2v) is 9.30. The zero-order chi connectivity index (χ0) is 28.6. The number of non-ortho nitro benzene ring substituents is 1. The fraction of sp³-hybridized carbons (Fsp3) is 0.258. The number of nitro benzene ring substituents is 1. The van der Waals surface area contributed by atoms with Crippen molar-refractivity contribution in [3.05, 3.63) is 111 Å². The highest BCUT2D eigenvalue weighted by molar-refractivity contribution is 5.92. The second kappa shape index (κ2) is 12.8. The molecule has 206 valence electrons. The van der Waals surface area contributed by atoms with Crippen LogP contribution in [0.15, 0.2) is 83.7 Å². The van der Waals surface area contributed by atoms with Crippen LogP contribution < -0.4 is 10.3 Å². The van der Waals surface area contributed by atoms with Crippen LogP contribution in [0.5, 0.6) is 5.75 Å². The van der Waals surface area contributed by atoms with Gasteiger partial charge in [-0.25, -0.2) is 4.98 Å². The molecule has 0 N–H and O–H groups in total. The standard InChI is InChI=1S/C31H32N4O5/c1-4-6-21-33(29(36)20-13-23-11-14-25(15-12-23)35(38)39)22(3)30-32-28-10-8-7-9-27(28)31(37)34(30)24-16-18-26(19-17-24)40-5-2/h7-20,22H,4-6,21H2,1-3H3/b20-13+. The topological polar surface area (TPSA) is 108 Å². The van der Waals surface area contributed by atoms with Crippen LogP contribution in [0.1, 0.15) is 51.0 Å². The third-order valence-corrected chi connectivity index (χ3v) is 6.61. The van der Waals surface area contributed by atoms with Gasteiger partial charge in [-0.2, -0.15) is 0 Å². The van der Waals surface area contributed by atoms with E-state index in [9.17, 15) is 19.7 Å². The monoisotopic (exact) mass is 540 g/mol. The Morgan fingerprint density at radius 3 is 2.42 bits per heavy atom. The number of benzene rings is 3. The molecule has 0 bridgehead atoms. The summed E-state index contributed by atoms with van der Waals surface area (Å²) in [6.07, 6.45) is 4.72. The quantitative estimate of drug-likeness (QED) is 0.129. The molecule has 9 nitrogen and oxygen atoms in total. The molecule has 0 radical (unpaired) electrons. The molecule has 0 saturated heterocycles. The molecule has 0 saturated carbocycles. The Kier molecular flexibility index (Phi) is 9.06. The third-order valence-electron chi connectivity index (χ3n) is 6.61. The molecule has 0 aliphatic carbocycles. The van der Waals surface area contributed by atoms with Gasteiger partial charge >= 0.3 is 0 Å². The molecule has 4 rings (SSSR count). The van der Waals surface area contributed by atoms with Crippen molar-refractivity contribution in [2.45, 2.75) is 39.7 Å². The van der Waals surface area contributed by atoms with Crippen LogP contribution in [-0.4, -0.2) is 38.4 Å². The molecule has 9 heteroatoms. The van der Waals surface area contributed by atoms with E-state index >= 15 is 0 Å². The number of para-hydroxylation sites is 1. The zero-order valence-corrected chi connectivity index (χ0v) is 22.8. The van der Waals surface area contributed by atoms with Gasteiger partial charge < -0.3 is 9.64 Å². The molecule has 3 aromatic carbocycles. The van der Waals surface area contributed by atoms with Crippen LogP contribution in [0.2, 0.25) is 0 Å². The van der Waals surface area contributed by atoms with E-state index in [4.69, 9.17) is 9.72 Å². The van der Waals surface area contributed by atoms with Crippen LogP contribution in [0.3, 0.4) is 0 Å². The van der Waals surface area contributed by atoms with Gasteiger partial charge in [-0.1, -0.05) is 25.5 Å². The fourth-order valence-electron chi connectivity index (χ4n) is 4.47. The molecule has 1 aromatic heterocycles. The molecular weight excluding hydrogens is 508 g/mol. The number of hydrogen-bond donors (Lipinski definition) is 0. The lowest BCUT2D eigenvalue weighted by atomic mass is 10.1. The first-order chi connectivity index (χ1) is 19.3. The van der Waals surface area contributed by atoms with Crippen molar-refractivity contribution < 1.29 is 14.5 Å². The molecule has 40 heavy (non-hydrogen) atoms. The number of ether oxygens (including phenoxy) is 1. The van der Waals surface area contributed by atoms with Crippen LogP contribution in [-0.2, 0) is 4.79 Å². The number of nitrogens with zero attached hydrogens (tertiary/aromatic N) is 4. The van der Waals surface area contributed by atoms with Gasteiger partial charge in [0.05, 0.1) is 34.2 Å². The molecule has 1 unspecified atom stereocenters. The largest absolute Gasteiger partial charge is 0.494 e. The molecule has 0 fully saturated rings. The molecule has 4 aromatic rings. The lowest BCUT2D eigenvalue weighted by Crippen LogP contribution is -2.37. The summed E-state index contributed by atoms with van der Waals surface area (Å²) >= 11 is 0. The number of rotatable bonds is 11. The molecule has 1 atom stereocenters. The highest BCUT2D eigenvalue weighted by atomic mass is 16.6. The van der Waals surface area contributed by atoms with E-state index in [0.29, 0.717) is 46.9 Å². The Bertz CT molecular complexity index is 1580. The van der Waals surface area contributed by atoms with E-state index in [1.165, 1.54) is 18.2 Å². The normalized spacial score (nSPS) is 12.0. The molecule has 0 aliphatic rings. The smallest absolute Gasteiger partial charge is 0.269 e. The molecular formula is C31H32N4O5. The number of nitro groups is 1. The van der Waals surface area contributed by atoms with E-state index < -0.39 is 11.0 Å². The summed E-state index contributed by atoms with van der Waals surface area (Å²) in [6.45, 7) is 6.82. The maximum atomic E-state index is 13.8. The second-order valence-electron chi connectivity index (χ2n) is 9.30. The summed E-state index contributed by atoms with van der Waals surface area (Å²) in [4.78, 5) is 44.4. The summed E-state index contributed by atoms with van der Waals surface area (Å²) in [5.41, 5.74) is 1.60. The minimum absolute atomic E-state index is 0.0173. The highest BCUT2D eigenvalue weighted by Gasteiger charge is 2.25. The SMILES string of the molecule is CCCCN(C(=O)/C=C/c1ccc([N+](=O)[O-])cc1)C(C)c1nc2ccccc2c(=O)n1-c1ccc(OCC)cc1. The van der Waals surface area contributed by atoms with Crippen molar-refractivity contribution in [3.8, 4) is 11.4 Å². The fourth-order valence-corrected chi connectivity index (χ4v) is 4.47. The molecule has 1 amide bonds. The Labute approximate surface area is 232 Å². The number of carbonyl (C=O) groups excluding carboxylic acids is 1. The lowest BCUT2D eigenvalue weighted by Gasteiger charge is -2.30. The number of unbranched alkanes of at least 4 members (excludes halogenated alkanes) is 1. The molecule has 0 aliphatic heterocycles. The Balaban J connectivity index is 1.76. The Morgan fingerprint density at radius 1 is 1.07 bits per heavy atom. The summed E-state index contributed by atoms with van der Waals surface area (Å²) in [7, 11) is 0. The first-order valence-electron chi connectivity index (χ1n) is 13.3. The maximum Gasteiger partial charge on any atom is 0.269 e. The molecule has 1 heterocycles. The average Bonchev–Trinajstić information content (AvgIpc) is 2.97. The summed E-state index contributed by atoms with van der Waals surface area (Å²) < 4.78 is 7.14. The third kappa shape index (κ3) is 6.26. The van der Waals surface area contributed by atoms with Crippen LogP contribution >= 0.6 is 0 Å². The lowest BCUT2D eigenvalue weighted by molar-refractivity contribution is -0.384. The number of hydrogen-bond acceptors (Lipinski definition) is 6. The summed E-state index contributed by atoms with van der Waals surface area (Å²) in [5, 5.41) is 11.4. The zero-order valence-electron chi connectivity index (χ0n) is 22.8. The average molecular weight is 541 g/mol. The van der Waals surface area contributed by atoms with Crippen molar-refractivity contribution in [1.82, 2.24) is 14.5 Å². The summed E-state index contributed by atoms with van der Waals surface area (Å²) in [5.74, 6) is 0.889. The summed E-state index contributed by atoms with van der Waals surface area (Å²) in [6, 6.07) is 19.9. The van der Waals surface area contributed by atoms with Gasteiger partial charge in [0.25, 0.3) is 11.2 Å². The number of aromatic nitrogens is 2.